The molecule has 2 atom stereocenters. The van der Waals surface area contributed by atoms with E-state index in [4.69, 9.17) is 27.9 Å². The number of ether oxygens (including phenoxy) is 1. The molecular weight excluding hydrogens is 271 g/mol. The summed E-state index contributed by atoms with van der Waals surface area (Å²) in [5, 5.41) is 12.0. The second-order valence-corrected chi connectivity index (χ2v) is 6.08. The smallest absolute Gasteiger partial charge is 0.0960 e. The minimum Gasteiger partial charge on any atom is -0.385 e. The van der Waals surface area contributed by atoms with E-state index in [-0.39, 0.29) is 5.60 Å². The standard InChI is InChI=1S/C14H18Cl2O2/c1-3-13(2)9-14(17,6-7-18-13)11-8-10(15)4-5-12(11)16/h4-5,8,17H,3,6-7,9H2,1-2H3. The van der Waals surface area contributed by atoms with Crippen LogP contribution in [0.2, 0.25) is 10.0 Å². The Morgan fingerprint density at radius 2 is 2.11 bits per heavy atom. The Labute approximate surface area is 118 Å². The summed E-state index contributed by atoms with van der Waals surface area (Å²) in [4.78, 5) is 0. The van der Waals surface area contributed by atoms with Gasteiger partial charge in [-0.3, -0.25) is 0 Å². The molecule has 1 heterocycles. The Kier molecular flexibility index (Phi) is 3.93. The molecule has 18 heavy (non-hydrogen) atoms. The van der Waals surface area contributed by atoms with Crippen LogP contribution in [0, 0.1) is 0 Å². The van der Waals surface area contributed by atoms with Gasteiger partial charge < -0.3 is 9.84 Å². The highest BCUT2D eigenvalue weighted by atomic mass is 35.5. The van der Waals surface area contributed by atoms with E-state index >= 15 is 0 Å². The third kappa shape index (κ3) is 2.67. The summed E-state index contributed by atoms with van der Waals surface area (Å²) in [6.45, 7) is 4.62. The first-order valence-corrected chi connectivity index (χ1v) is 6.96. The SMILES string of the molecule is CCC1(C)CC(O)(c2cc(Cl)ccc2Cl)CCO1. The zero-order valence-corrected chi connectivity index (χ0v) is 12.2. The quantitative estimate of drug-likeness (QED) is 0.885. The molecule has 1 saturated heterocycles. The third-order valence-electron chi connectivity index (χ3n) is 3.81. The van der Waals surface area contributed by atoms with Gasteiger partial charge in [-0.2, -0.15) is 0 Å². The Bertz CT molecular complexity index is 449. The first-order chi connectivity index (χ1) is 8.38. The van der Waals surface area contributed by atoms with Gasteiger partial charge in [0.15, 0.2) is 0 Å². The number of rotatable bonds is 2. The summed E-state index contributed by atoms with van der Waals surface area (Å²) < 4.78 is 5.77. The molecule has 1 aliphatic rings. The zero-order chi connectivity index (χ0) is 13.4. The van der Waals surface area contributed by atoms with E-state index < -0.39 is 5.60 Å². The van der Waals surface area contributed by atoms with Crippen LogP contribution in [0.4, 0.5) is 0 Å². The van der Waals surface area contributed by atoms with E-state index in [1.54, 1.807) is 18.2 Å². The molecule has 0 aromatic heterocycles. The number of benzene rings is 1. The van der Waals surface area contributed by atoms with Crippen molar-refractivity contribution >= 4 is 23.2 Å². The maximum atomic E-state index is 10.9. The fourth-order valence-corrected chi connectivity index (χ4v) is 3.00. The molecule has 1 fully saturated rings. The van der Waals surface area contributed by atoms with Gasteiger partial charge >= 0.3 is 0 Å². The van der Waals surface area contributed by atoms with E-state index in [2.05, 4.69) is 6.92 Å². The largest absolute Gasteiger partial charge is 0.385 e. The summed E-state index contributed by atoms with van der Waals surface area (Å²) in [6, 6.07) is 5.22. The Balaban J connectivity index is 2.38. The van der Waals surface area contributed by atoms with Gasteiger partial charge in [0.05, 0.1) is 17.8 Å². The van der Waals surface area contributed by atoms with Gasteiger partial charge in [-0.05, 0) is 31.5 Å². The maximum Gasteiger partial charge on any atom is 0.0960 e. The van der Waals surface area contributed by atoms with Crippen LogP contribution in [0.25, 0.3) is 0 Å². The normalized spacial score (nSPS) is 32.5. The number of aliphatic hydroxyl groups is 1. The zero-order valence-electron chi connectivity index (χ0n) is 10.7. The average molecular weight is 289 g/mol. The summed E-state index contributed by atoms with van der Waals surface area (Å²) in [5.74, 6) is 0. The van der Waals surface area contributed by atoms with Crippen LogP contribution in [0.15, 0.2) is 18.2 Å². The van der Waals surface area contributed by atoms with Crippen molar-refractivity contribution in [3.8, 4) is 0 Å². The molecule has 100 valence electrons. The van der Waals surface area contributed by atoms with Crippen LogP contribution < -0.4 is 0 Å². The summed E-state index contributed by atoms with van der Waals surface area (Å²) in [6.07, 6.45) is 1.94. The van der Waals surface area contributed by atoms with Crippen LogP contribution in [-0.4, -0.2) is 17.3 Å². The topological polar surface area (TPSA) is 29.5 Å². The Hall–Kier alpha value is -0.280. The molecule has 2 nitrogen and oxygen atoms in total. The first kappa shape index (κ1) is 14.1. The molecule has 2 unspecified atom stereocenters. The lowest BCUT2D eigenvalue weighted by Gasteiger charge is -2.43. The average Bonchev–Trinajstić information content (AvgIpc) is 2.32. The molecule has 0 radical (unpaired) electrons. The van der Waals surface area contributed by atoms with Crippen LogP contribution >= 0.6 is 23.2 Å². The lowest BCUT2D eigenvalue weighted by molar-refractivity contribution is -0.157. The van der Waals surface area contributed by atoms with Crippen LogP contribution in [-0.2, 0) is 10.3 Å². The summed E-state index contributed by atoms with van der Waals surface area (Å²) >= 11 is 12.2. The minimum absolute atomic E-state index is 0.307. The number of hydrogen-bond acceptors (Lipinski definition) is 2. The fraction of sp³-hybridized carbons (Fsp3) is 0.571. The van der Waals surface area contributed by atoms with Crippen LogP contribution in [0.1, 0.15) is 38.7 Å². The van der Waals surface area contributed by atoms with Gasteiger partial charge in [-0.1, -0.05) is 30.1 Å². The Morgan fingerprint density at radius 1 is 1.39 bits per heavy atom. The lowest BCUT2D eigenvalue weighted by Crippen LogP contribution is -2.45. The van der Waals surface area contributed by atoms with Gasteiger partial charge in [-0.15, -0.1) is 0 Å². The molecule has 1 aromatic carbocycles. The second kappa shape index (κ2) is 5.01. The van der Waals surface area contributed by atoms with Gasteiger partial charge in [0, 0.05) is 28.5 Å². The molecular formula is C14H18Cl2O2. The molecule has 0 amide bonds. The fourth-order valence-electron chi connectivity index (χ4n) is 2.54. The highest BCUT2D eigenvalue weighted by Gasteiger charge is 2.43. The van der Waals surface area contributed by atoms with Gasteiger partial charge in [-0.25, -0.2) is 0 Å². The van der Waals surface area contributed by atoms with Crippen molar-refractivity contribution in [1.82, 2.24) is 0 Å². The summed E-state index contributed by atoms with van der Waals surface area (Å²) in [5.41, 5.74) is -0.552. The molecule has 2 rings (SSSR count). The van der Waals surface area contributed by atoms with Gasteiger partial charge in [0.1, 0.15) is 0 Å². The van der Waals surface area contributed by atoms with Crippen molar-refractivity contribution in [2.45, 2.75) is 44.3 Å². The predicted octanol–water partition coefficient (Wildman–Crippen LogP) is 4.16. The second-order valence-electron chi connectivity index (χ2n) is 5.23. The molecule has 1 aliphatic heterocycles. The number of halogens is 2. The third-order valence-corrected chi connectivity index (χ3v) is 4.37. The van der Waals surface area contributed by atoms with E-state index in [9.17, 15) is 5.11 Å². The van der Waals surface area contributed by atoms with Crippen molar-refractivity contribution in [3.63, 3.8) is 0 Å². The first-order valence-electron chi connectivity index (χ1n) is 6.20. The van der Waals surface area contributed by atoms with Crippen LogP contribution in [0.5, 0.6) is 0 Å². The van der Waals surface area contributed by atoms with Crippen molar-refractivity contribution in [3.05, 3.63) is 33.8 Å². The van der Waals surface area contributed by atoms with E-state index in [1.165, 1.54) is 0 Å². The minimum atomic E-state index is -0.953. The summed E-state index contributed by atoms with van der Waals surface area (Å²) in [7, 11) is 0. The van der Waals surface area contributed by atoms with E-state index in [0.717, 1.165) is 6.42 Å². The predicted molar refractivity (Wildman–Crippen MR) is 74.2 cm³/mol. The maximum absolute atomic E-state index is 10.9. The highest BCUT2D eigenvalue weighted by molar-refractivity contribution is 6.33. The lowest BCUT2D eigenvalue weighted by atomic mass is 9.77. The molecule has 0 aliphatic carbocycles. The van der Waals surface area contributed by atoms with Crippen LogP contribution in [0.3, 0.4) is 0 Å². The molecule has 0 saturated carbocycles. The van der Waals surface area contributed by atoms with Crippen molar-refractivity contribution in [2.24, 2.45) is 0 Å². The number of hydrogen-bond donors (Lipinski definition) is 1. The van der Waals surface area contributed by atoms with Gasteiger partial charge in [0.25, 0.3) is 0 Å². The van der Waals surface area contributed by atoms with E-state index in [0.29, 0.717) is 35.1 Å². The van der Waals surface area contributed by atoms with E-state index in [1.807, 2.05) is 6.92 Å². The monoisotopic (exact) mass is 288 g/mol. The van der Waals surface area contributed by atoms with Gasteiger partial charge in [0.2, 0.25) is 0 Å². The molecule has 0 spiro atoms. The Morgan fingerprint density at radius 3 is 2.78 bits per heavy atom. The molecule has 1 N–H and O–H groups in total. The van der Waals surface area contributed by atoms with Crippen molar-refractivity contribution in [1.29, 1.82) is 0 Å². The molecule has 4 heteroatoms. The van der Waals surface area contributed by atoms with Crippen molar-refractivity contribution in [2.75, 3.05) is 6.61 Å². The van der Waals surface area contributed by atoms with Crippen molar-refractivity contribution < 1.29 is 9.84 Å². The highest BCUT2D eigenvalue weighted by Crippen LogP contribution is 2.43. The molecule has 1 aromatic rings. The molecule has 0 bridgehead atoms.